The molecule has 0 fully saturated rings. The summed E-state index contributed by atoms with van der Waals surface area (Å²) < 4.78 is 11.7. The Balaban J connectivity index is 1.73. The molecule has 3 aromatic heterocycles. The van der Waals surface area contributed by atoms with Crippen LogP contribution in [-0.4, -0.2) is 19.7 Å². The number of fused-ring (bicyclic) bond motifs is 1. The molecule has 9 heteroatoms. The number of furan rings is 1. The summed E-state index contributed by atoms with van der Waals surface area (Å²) >= 11 is 12.0. The molecule has 0 bridgehead atoms. The Bertz CT molecular complexity index is 1090. The molecule has 0 aliphatic heterocycles. The van der Waals surface area contributed by atoms with Gasteiger partial charge in [-0.15, -0.1) is 0 Å². The number of nitrogens with zero attached hydrogens (tertiary/aromatic N) is 4. The first-order chi connectivity index (χ1) is 11.6. The molecule has 4 rings (SSSR count). The van der Waals surface area contributed by atoms with Crippen LogP contribution >= 0.6 is 23.2 Å². The maximum Gasteiger partial charge on any atom is 0.261 e. The summed E-state index contributed by atoms with van der Waals surface area (Å²) in [7, 11) is 0. The van der Waals surface area contributed by atoms with Gasteiger partial charge in [-0.3, -0.25) is 9.36 Å². The molecule has 0 aliphatic rings. The van der Waals surface area contributed by atoms with Crippen molar-refractivity contribution in [3.63, 3.8) is 0 Å². The molecule has 1 aromatic carbocycles. The van der Waals surface area contributed by atoms with Gasteiger partial charge in [-0.05, 0) is 24.3 Å². The van der Waals surface area contributed by atoms with Gasteiger partial charge < -0.3 is 8.94 Å². The van der Waals surface area contributed by atoms with Crippen LogP contribution in [0.4, 0.5) is 0 Å². The normalized spacial score (nSPS) is 11.2. The third-order valence-corrected chi connectivity index (χ3v) is 3.87. The lowest BCUT2D eigenvalue weighted by atomic mass is 10.2. The van der Waals surface area contributed by atoms with Crippen LogP contribution in [0.1, 0.15) is 5.89 Å². The lowest BCUT2D eigenvalue weighted by molar-refractivity contribution is 0.368. The second kappa shape index (κ2) is 5.77. The van der Waals surface area contributed by atoms with Crippen molar-refractivity contribution in [1.29, 1.82) is 0 Å². The van der Waals surface area contributed by atoms with E-state index in [1.807, 2.05) is 0 Å². The minimum atomic E-state index is -0.304. The van der Waals surface area contributed by atoms with Crippen molar-refractivity contribution in [2.24, 2.45) is 0 Å². The molecule has 120 valence electrons. The van der Waals surface area contributed by atoms with Gasteiger partial charge in [0.2, 0.25) is 11.7 Å². The fourth-order valence-electron chi connectivity index (χ4n) is 2.28. The Morgan fingerprint density at radius 2 is 2.12 bits per heavy atom. The highest BCUT2D eigenvalue weighted by Gasteiger charge is 2.14. The number of aromatic nitrogens is 4. The summed E-state index contributed by atoms with van der Waals surface area (Å²) in [5, 5.41) is 4.82. The zero-order valence-corrected chi connectivity index (χ0v) is 13.5. The summed E-state index contributed by atoms with van der Waals surface area (Å²) in [6.45, 7) is 0.0691. The highest BCUT2D eigenvalue weighted by molar-refractivity contribution is 6.38. The lowest BCUT2D eigenvalue weighted by Crippen LogP contribution is -2.21. The highest BCUT2D eigenvalue weighted by Crippen LogP contribution is 2.24. The molecule has 0 saturated carbocycles. The number of rotatable bonds is 3. The molecule has 0 saturated heterocycles. The molecule has 0 atom stereocenters. The van der Waals surface area contributed by atoms with E-state index in [9.17, 15) is 4.79 Å². The number of hydrogen-bond donors (Lipinski definition) is 0. The molecule has 0 radical (unpaired) electrons. The average Bonchev–Trinajstić information content (AvgIpc) is 3.21. The summed E-state index contributed by atoms with van der Waals surface area (Å²) in [5.74, 6) is 1.04. The van der Waals surface area contributed by atoms with E-state index in [-0.39, 0.29) is 18.0 Å². The van der Waals surface area contributed by atoms with Crippen LogP contribution in [0.5, 0.6) is 0 Å². The van der Waals surface area contributed by atoms with Gasteiger partial charge >= 0.3 is 0 Å². The molecule has 0 amide bonds. The third-order valence-electron chi connectivity index (χ3n) is 3.36. The maximum absolute atomic E-state index is 12.6. The van der Waals surface area contributed by atoms with Crippen molar-refractivity contribution in [3.05, 3.63) is 63.1 Å². The van der Waals surface area contributed by atoms with Crippen LogP contribution in [0.15, 0.2) is 50.6 Å². The summed E-state index contributed by atoms with van der Waals surface area (Å²) in [6, 6.07) is 6.49. The molecule has 24 heavy (non-hydrogen) atoms. The summed E-state index contributed by atoms with van der Waals surface area (Å²) in [4.78, 5) is 21.0. The largest absolute Gasteiger partial charge is 0.461 e. The van der Waals surface area contributed by atoms with Crippen molar-refractivity contribution in [1.82, 2.24) is 19.7 Å². The van der Waals surface area contributed by atoms with Crippen molar-refractivity contribution >= 4 is 34.1 Å². The zero-order chi connectivity index (χ0) is 16.7. The van der Waals surface area contributed by atoms with Crippen LogP contribution in [-0.2, 0) is 6.54 Å². The Morgan fingerprint density at radius 1 is 1.25 bits per heavy atom. The first-order valence-corrected chi connectivity index (χ1v) is 7.58. The van der Waals surface area contributed by atoms with Crippen molar-refractivity contribution in [2.45, 2.75) is 6.54 Å². The van der Waals surface area contributed by atoms with Gasteiger partial charge in [-0.25, -0.2) is 4.98 Å². The van der Waals surface area contributed by atoms with Crippen molar-refractivity contribution < 1.29 is 8.94 Å². The minimum absolute atomic E-state index is 0.0691. The summed E-state index contributed by atoms with van der Waals surface area (Å²) in [5.41, 5.74) is 0.0891. The van der Waals surface area contributed by atoms with Gasteiger partial charge in [0.1, 0.15) is 6.54 Å². The standard InChI is InChI=1S/C15H8Cl2N4O3/c16-8-4-9-13(10(17)5-8)18-7-21(15(9)22)6-12-19-14(20-24-12)11-2-1-3-23-11/h1-5,7H,6H2. The number of benzene rings is 1. The first-order valence-electron chi connectivity index (χ1n) is 6.82. The monoisotopic (exact) mass is 362 g/mol. The smallest absolute Gasteiger partial charge is 0.261 e. The van der Waals surface area contributed by atoms with Gasteiger partial charge in [-0.2, -0.15) is 4.98 Å². The molecule has 7 nitrogen and oxygen atoms in total. The van der Waals surface area contributed by atoms with E-state index in [4.69, 9.17) is 32.1 Å². The van der Waals surface area contributed by atoms with E-state index in [1.165, 1.54) is 29.3 Å². The highest BCUT2D eigenvalue weighted by atomic mass is 35.5. The molecular formula is C15H8Cl2N4O3. The van der Waals surface area contributed by atoms with Crippen LogP contribution in [0.3, 0.4) is 0 Å². The molecule has 3 heterocycles. The first kappa shape index (κ1) is 14.9. The van der Waals surface area contributed by atoms with Crippen LogP contribution < -0.4 is 5.56 Å². The van der Waals surface area contributed by atoms with Gasteiger partial charge in [0.05, 0.1) is 28.5 Å². The molecular weight excluding hydrogens is 355 g/mol. The third kappa shape index (κ3) is 2.57. The number of halogens is 2. The second-order valence-electron chi connectivity index (χ2n) is 4.95. The van der Waals surface area contributed by atoms with E-state index in [2.05, 4.69) is 15.1 Å². The van der Waals surface area contributed by atoms with E-state index in [1.54, 1.807) is 12.1 Å². The van der Waals surface area contributed by atoms with E-state index < -0.39 is 0 Å². The van der Waals surface area contributed by atoms with Gasteiger partial charge in [0, 0.05) is 5.02 Å². The molecule has 4 aromatic rings. The minimum Gasteiger partial charge on any atom is -0.461 e. The fourth-order valence-corrected chi connectivity index (χ4v) is 2.82. The Morgan fingerprint density at radius 3 is 2.92 bits per heavy atom. The summed E-state index contributed by atoms with van der Waals surface area (Å²) in [6.07, 6.45) is 2.89. The maximum atomic E-state index is 12.6. The van der Waals surface area contributed by atoms with Crippen LogP contribution in [0, 0.1) is 0 Å². The average molecular weight is 363 g/mol. The van der Waals surface area contributed by atoms with E-state index in [0.29, 0.717) is 32.5 Å². The van der Waals surface area contributed by atoms with Gasteiger partial charge in [0.15, 0.2) is 5.76 Å². The second-order valence-corrected chi connectivity index (χ2v) is 5.79. The Kier molecular flexibility index (Phi) is 3.59. The van der Waals surface area contributed by atoms with Crippen LogP contribution in [0.25, 0.3) is 22.5 Å². The predicted octanol–water partition coefficient (Wildman–Crippen LogP) is 3.39. The Labute approximate surface area is 144 Å². The number of hydrogen-bond acceptors (Lipinski definition) is 6. The predicted molar refractivity (Wildman–Crippen MR) is 87.1 cm³/mol. The zero-order valence-electron chi connectivity index (χ0n) is 11.9. The van der Waals surface area contributed by atoms with E-state index in [0.717, 1.165) is 0 Å². The van der Waals surface area contributed by atoms with Crippen molar-refractivity contribution in [3.8, 4) is 11.6 Å². The van der Waals surface area contributed by atoms with Crippen LogP contribution in [0.2, 0.25) is 10.0 Å². The molecule has 0 aliphatic carbocycles. The fraction of sp³-hybridized carbons (Fsp3) is 0.0667. The van der Waals surface area contributed by atoms with E-state index >= 15 is 0 Å². The molecule has 0 unspecified atom stereocenters. The Hall–Kier alpha value is -2.64. The molecule has 0 spiro atoms. The quantitative estimate of drug-likeness (QED) is 0.555. The SMILES string of the molecule is O=c1c2cc(Cl)cc(Cl)c2ncn1Cc1nc(-c2ccco2)no1. The molecule has 0 N–H and O–H groups in total. The van der Waals surface area contributed by atoms with Crippen molar-refractivity contribution in [2.75, 3.05) is 0 Å². The van der Waals surface area contributed by atoms with Gasteiger partial charge in [0.25, 0.3) is 5.56 Å². The topological polar surface area (TPSA) is 87.0 Å². The van der Waals surface area contributed by atoms with Gasteiger partial charge in [-0.1, -0.05) is 28.4 Å². The lowest BCUT2D eigenvalue weighted by Gasteiger charge is -2.05.